The van der Waals surface area contributed by atoms with Crippen LogP contribution in [0.5, 0.6) is 11.5 Å². The van der Waals surface area contributed by atoms with Gasteiger partial charge in [0.2, 0.25) is 0 Å². The Bertz CT molecular complexity index is 801. The molecule has 0 saturated carbocycles. The van der Waals surface area contributed by atoms with Crippen LogP contribution < -0.4 is 15.2 Å². The molecule has 0 spiro atoms. The Balaban J connectivity index is 1.47. The minimum Gasteiger partial charge on any atom is -0.493 e. The number of benzene rings is 2. The SMILES string of the molecule is Cc1cccc(OCCCOc2cccc(-c3csc(N)n3)c2)c1. The summed E-state index contributed by atoms with van der Waals surface area (Å²) in [6.45, 7) is 3.29. The van der Waals surface area contributed by atoms with Crippen LogP contribution in [0.2, 0.25) is 0 Å². The monoisotopic (exact) mass is 340 g/mol. The van der Waals surface area contributed by atoms with Gasteiger partial charge in [-0.2, -0.15) is 0 Å². The van der Waals surface area contributed by atoms with Crippen LogP contribution in [-0.2, 0) is 0 Å². The molecule has 0 radical (unpaired) electrons. The van der Waals surface area contributed by atoms with Gasteiger partial charge in [-0.15, -0.1) is 11.3 Å². The van der Waals surface area contributed by atoms with E-state index in [0.717, 1.165) is 29.2 Å². The highest BCUT2D eigenvalue weighted by Crippen LogP contribution is 2.26. The first kappa shape index (κ1) is 16.3. The van der Waals surface area contributed by atoms with E-state index in [1.165, 1.54) is 16.9 Å². The smallest absolute Gasteiger partial charge is 0.180 e. The van der Waals surface area contributed by atoms with Gasteiger partial charge in [-0.3, -0.25) is 0 Å². The third kappa shape index (κ3) is 4.49. The Morgan fingerprint density at radius 1 is 1.00 bits per heavy atom. The molecule has 3 aromatic rings. The van der Waals surface area contributed by atoms with Crippen molar-refractivity contribution in [2.24, 2.45) is 0 Å². The number of ether oxygens (including phenoxy) is 2. The molecule has 0 bridgehead atoms. The predicted octanol–water partition coefficient (Wildman–Crippen LogP) is 4.55. The summed E-state index contributed by atoms with van der Waals surface area (Å²) in [5.41, 5.74) is 8.78. The van der Waals surface area contributed by atoms with Crippen molar-refractivity contribution in [3.63, 3.8) is 0 Å². The first-order valence-electron chi connectivity index (χ1n) is 7.84. The maximum atomic E-state index is 5.80. The van der Waals surface area contributed by atoms with E-state index in [9.17, 15) is 0 Å². The first-order chi connectivity index (χ1) is 11.7. The quantitative estimate of drug-likeness (QED) is 0.641. The molecule has 0 fully saturated rings. The Labute approximate surface area is 145 Å². The summed E-state index contributed by atoms with van der Waals surface area (Å²) in [5.74, 6) is 1.73. The maximum Gasteiger partial charge on any atom is 0.180 e. The molecule has 0 aliphatic carbocycles. The van der Waals surface area contributed by atoms with Crippen molar-refractivity contribution >= 4 is 16.5 Å². The number of aryl methyl sites for hydroxylation is 1. The highest BCUT2D eigenvalue weighted by Gasteiger charge is 2.04. The lowest BCUT2D eigenvalue weighted by atomic mass is 10.2. The Hall–Kier alpha value is -2.53. The van der Waals surface area contributed by atoms with Crippen molar-refractivity contribution in [3.05, 3.63) is 59.5 Å². The van der Waals surface area contributed by atoms with E-state index < -0.39 is 0 Å². The number of hydrogen-bond acceptors (Lipinski definition) is 5. The molecule has 0 aliphatic heterocycles. The van der Waals surface area contributed by atoms with Crippen molar-refractivity contribution in [1.82, 2.24) is 4.98 Å². The molecular formula is C19H20N2O2S. The number of nitrogen functional groups attached to an aromatic ring is 1. The van der Waals surface area contributed by atoms with Crippen molar-refractivity contribution in [3.8, 4) is 22.8 Å². The highest BCUT2D eigenvalue weighted by molar-refractivity contribution is 7.13. The van der Waals surface area contributed by atoms with Crippen LogP contribution in [0, 0.1) is 6.92 Å². The number of hydrogen-bond donors (Lipinski definition) is 1. The molecule has 4 nitrogen and oxygen atoms in total. The minimum absolute atomic E-state index is 0.574. The Morgan fingerprint density at radius 3 is 2.38 bits per heavy atom. The van der Waals surface area contributed by atoms with Crippen LogP contribution in [-0.4, -0.2) is 18.2 Å². The van der Waals surface area contributed by atoms with E-state index in [-0.39, 0.29) is 0 Å². The predicted molar refractivity (Wildman–Crippen MR) is 98.7 cm³/mol. The van der Waals surface area contributed by atoms with Crippen molar-refractivity contribution in [2.45, 2.75) is 13.3 Å². The Kier molecular flexibility index (Phi) is 5.33. The summed E-state index contributed by atoms with van der Waals surface area (Å²) in [4.78, 5) is 4.29. The average molecular weight is 340 g/mol. The zero-order chi connectivity index (χ0) is 16.8. The van der Waals surface area contributed by atoms with Gasteiger partial charge in [0.15, 0.2) is 5.13 Å². The van der Waals surface area contributed by atoms with E-state index >= 15 is 0 Å². The highest BCUT2D eigenvalue weighted by atomic mass is 32.1. The van der Waals surface area contributed by atoms with Crippen LogP contribution in [0.3, 0.4) is 0 Å². The topological polar surface area (TPSA) is 57.4 Å². The van der Waals surface area contributed by atoms with Crippen LogP contribution in [0.25, 0.3) is 11.3 Å². The number of thiazole rings is 1. The summed E-state index contributed by atoms with van der Waals surface area (Å²) >= 11 is 1.44. The van der Waals surface area contributed by atoms with Crippen molar-refractivity contribution < 1.29 is 9.47 Å². The number of rotatable bonds is 7. The van der Waals surface area contributed by atoms with Gasteiger partial charge in [-0.25, -0.2) is 4.98 Å². The summed E-state index contributed by atoms with van der Waals surface area (Å²) in [6, 6.07) is 15.9. The lowest BCUT2D eigenvalue weighted by Crippen LogP contribution is -2.05. The molecule has 1 aromatic heterocycles. The molecule has 1 heterocycles. The molecule has 2 N–H and O–H groups in total. The summed E-state index contributed by atoms with van der Waals surface area (Å²) in [6.07, 6.45) is 0.821. The van der Waals surface area contributed by atoms with Crippen LogP contribution in [0.4, 0.5) is 5.13 Å². The van der Waals surface area contributed by atoms with Gasteiger partial charge < -0.3 is 15.2 Å². The number of nitrogens with zero attached hydrogens (tertiary/aromatic N) is 1. The molecule has 24 heavy (non-hydrogen) atoms. The van der Waals surface area contributed by atoms with Crippen LogP contribution in [0.15, 0.2) is 53.9 Å². The number of aromatic nitrogens is 1. The fraction of sp³-hybridized carbons (Fsp3) is 0.211. The summed E-state index contributed by atoms with van der Waals surface area (Å²) in [7, 11) is 0. The molecule has 124 valence electrons. The molecule has 0 atom stereocenters. The molecular weight excluding hydrogens is 320 g/mol. The number of nitrogens with two attached hydrogens (primary N) is 1. The van der Waals surface area contributed by atoms with E-state index in [2.05, 4.69) is 18.0 Å². The number of anilines is 1. The third-order valence-corrected chi connectivity index (χ3v) is 4.14. The van der Waals surface area contributed by atoms with Gasteiger partial charge in [-0.1, -0.05) is 24.3 Å². The largest absolute Gasteiger partial charge is 0.493 e. The fourth-order valence-corrected chi connectivity index (χ4v) is 2.88. The van der Waals surface area contributed by atoms with Gasteiger partial charge in [-0.05, 0) is 36.8 Å². The molecule has 5 heteroatoms. The summed E-state index contributed by atoms with van der Waals surface area (Å²) in [5, 5.41) is 2.52. The summed E-state index contributed by atoms with van der Waals surface area (Å²) < 4.78 is 11.5. The zero-order valence-electron chi connectivity index (χ0n) is 13.6. The van der Waals surface area contributed by atoms with Crippen LogP contribution in [0.1, 0.15) is 12.0 Å². The average Bonchev–Trinajstić information content (AvgIpc) is 3.01. The minimum atomic E-state index is 0.574. The van der Waals surface area contributed by atoms with Gasteiger partial charge in [0.1, 0.15) is 11.5 Å². The second-order valence-electron chi connectivity index (χ2n) is 5.47. The van der Waals surface area contributed by atoms with Crippen LogP contribution >= 0.6 is 11.3 Å². The van der Waals surface area contributed by atoms with E-state index in [4.69, 9.17) is 15.2 Å². The molecule has 0 unspecified atom stereocenters. The van der Waals surface area contributed by atoms with E-state index in [0.29, 0.717) is 18.3 Å². The van der Waals surface area contributed by atoms with Gasteiger partial charge >= 0.3 is 0 Å². The molecule has 2 aromatic carbocycles. The lowest BCUT2D eigenvalue weighted by molar-refractivity contribution is 0.247. The molecule has 0 saturated heterocycles. The lowest BCUT2D eigenvalue weighted by Gasteiger charge is -2.09. The van der Waals surface area contributed by atoms with Gasteiger partial charge in [0, 0.05) is 17.4 Å². The first-order valence-corrected chi connectivity index (χ1v) is 8.72. The van der Waals surface area contributed by atoms with Crippen molar-refractivity contribution in [1.29, 1.82) is 0 Å². The van der Waals surface area contributed by atoms with E-state index in [1.807, 2.05) is 47.8 Å². The third-order valence-electron chi connectivity index (χ3n) is 3.47. The zero-order valence-corrected chi connectivity index (χ0v) is 14.4. The van der Waals surface area contributed by atoms with Gasteiger partial charge in [0.25, 0.3) is 0 Å². The van der Waals surface area contributed by atoms with E-state index in [1.54, 1.807) is 0 Å². The molecule has 0 amide bonds. The van der Waals surface area contributed by atoms with Crippen molar-refractivity contribution in [2.75, 3.05) is 18.9 Å². The normalized spacial score (nSPS) is 10.5. The molecule has 3 rings (SSSR count). The standard InChI is InChI=1S/C19H20N2O2S/c1-14-5-2-7-16(11-14)22-9-4-10-23-17-8-3-6-15(12-17)18-13-24-19(20)21-18/h2-3,5-8,11-13H,4,9-10H2,1H3,(H2,20,21). The molecule has 0 aliphatic rings. The fourth-order valence-electron chi connectivity index (χ4n) is 2.31. The maximum absolute atomic E-state index is 5.80. The Morgan fingerprint density at radius 2 is 1.71 bits per heavy atom. The van der Waals surface area contributed by atoms with Gasteiger partial charge in [0.05, 0.1) is 18.9 Å². The second kappa shape index (κ2) is 7.84. The second-order valence-corrected chi connectivity index (χ2v) is 6.36.